The first-order chi connectivity index (χ1) is 9.56. The molecule has 0 bridgehead atoms. The summed E-state index contributed by atoms with van der Waals surface area (Å²) in [4.78, 5) is 13.4. The topological polar surface area (TPSA) is 41.6 Å². The van der Waals surface area contributed by atoms with E-state index in [0.29, 0.717) is 18.7 Å². The van der Waals surface area contributed by atoms with Crippen LogP contribution >= 0.6 is 12.4 Å². The van der Waals surface area contributed by atoms with Crippen LogP contribution in [0.15, 0.2) is 18.2 Å². The second-order valence-electron chi connectivity index (χ2n) is 4.89. The third-order valence-corrected chi connectivity index (χ3v) is 3.26. The zero-order valence-corrected chi connectivity index (χ0v) is 12.6. The number of halogens is 3. The molecule has 1 N–H and O–H groups in total. The molecule has 1 aromatic rings. The molecule has 1 amide bonds. The van der Waals surface area contributed by atoms with Gasteiger partial charge in [0.15, 0.2) is 0 Å². The Morgan fingerprint density at radius 2 is 2.24 bits per heavy atom. The lowest BCUT2D eigenvalue weighted by molar-refractivity contribution is -0.134. The first-order valence-electron chi connectivity index (χ1n) is 6.56. The van der Waals surface area contributed by atoms with Gasteiger partial charge in [-0.05, 0) is 6.07 Å². The molecule has 4 nitrogen and oxygen atoms in total. The van der Waals surface area contributed by atoms with Crippen molar-refractivity contribution < 1.29 is 18.3 Å². The summed E-state index contributed by atoms with van der Waals surface area (Å²) in [5, 5.41) is 3.15. The molecule has 2 rings (SSSR count). The predicted octanol–water partition coefficient (Wildman–Crippen LogP) is 1.72. The number of hydrogen-bond acceptors (Lipinski definition) is 3. The molecule has 0 saturated carbocycles. The second kappa shape index (κ2) is 8.26. The Morgan fingerprint density at radius 3 is 2.86 bits per heavy atom. The van der Waals surface area contributed by atoms with E-state index >= 15 is 0 Å². The Labute approximate surface area is 128 Å². The van der Waals surface area contributed by atoms with E-state index in [1.54, 1.807) is 7.05 Å². The summed E-state index contributed by atoms with van der Waals surface area (Å²) in [6, 6.07) is 3.36. The van der Waals surface area contributed by atoms with Crippen molar-refractivity contribution in [3.05, 3.63) is 35.4 Å². The standard InChI is InChI=1S/C14H18F2N2O2.ClH/c1-18(9-10-2-3-11(15)6-13(10)16)14(19)7-12-8-17-4-5-20-12;/h2-3,6,12,17H,4-5,7-9H2,1H3;1H. The summed E-state index contributed by atoms with van der Waals surface area (Å²) < 4.78 is 31.8. The molecule has 0 aliphatic carbocycles. The van der Waals surface area contributed by atoms with Crippen molar-refractivity contribution in [3.8, 4) is 0 Å². The first kappa shape index (κ1) is 17.8. The second-order valence-corrected chi connectivity index (χ2v) is 4.89. The molecule has 1 atom stereocenters. The molecule has 0 spiro atoms. The molecule has 0 aromatic heterocycles. The zero-order valence-electron chi connectivity index (χ0n) is 11.8. The predicted molar refractivity (Wildman–Crippen MR) is 77.3 cm³/mol. The van der Waals surface area contributed by atoms with Crippen molar-refractivity contribution in [3.63, 3.8) is 0 Å². The molecule has 21 heavy (non-hydrogen) atoms. The number of carbonyl (C=O) groups excluding carboxylic acids is 1. The summed E-state index contributed by atoms with van der Waals surface area (Å²) in [6.45, 7) is 2.14. The highest BCUT2D eigenvalue weighted by Gasteiger charge is 2.20. The number of hydrogen-bond donors (Lipinski definition) is 1. The van der Waals surface area contributed by atoms with E-state index in [-0.39, 0.29) is 37.4 Å². The summed E-state index contributed by atoms with van der Waals surface area (Å²) >= 11 is 0. The maximum absolute atomic E-state index is 13.5. The number of ether oxygens (including phenoxy) is 1. The van der Waals surface area contributed by atoms with Crippen LogP contribution in [0.25, 0.3) is 0 Å². The number of carbonyl (C=O) groups is 1. The van der Waals surface area contributed by atoms with E-state index in [9.17, 15) is 13.6 Å². The van der Waals surface area contributed by atoms with Crippen LogP contribution in [0.3, 0.4) is 0 Å². The fourth-order valence-corrected chi connectivity index (χ4v) is 2.10. The minimum absolute atomic E-state index is 0. The number of rotatable bonds is 4. The van der Waals surface area contributed by atoms with Gasteiger partial charge < -0.3 is 15.0 Å². The Morgan fingerprint density at radius 1 is 1.48 bits per heavy atom. The average Bonchev–Trinajstić information content (AvgIpc) is 2.43. The van der Waals surface area contributed by atoms with Crippen molar-refractivity contribution in [1.82, 2.24) is 10.2 Å². The molecule has 1 saturated heterocycles. The third-order valence-electron chi connectivity index (χ3n) is 3.26. The quantitative estimate of drug-likeness (QED) is 0.918. The maximum atomic E-state index is 13.5. The van der Waals surface area contributed by atoms with E-state index in [4.69, 9.17) is 4.74 Å². The van der Waals surface area contributed by atoms with Gasteiger partial charge in [0, 0.05) is 38.3 Å². The van der Waals surface area contributed by atoms with Crippen LogP contribution in [0, 0.1) is 11.6 Å². The van der Waals surface area contributed by atoms with Gasteiger partial charge in [-0.15, -0.1) is 12.4 Å². The monoisotopic (exact) mass is 320 g/mol. The van der Waals surface area contributed by atoms with Gasteiger partial charge in [-0.2, -0.15) is 0 Å². The van der Waals surface area contributed by atoms with E-state index in [1.807, 2.05) is 0 Å². The number of nitrogens with zero attached hydrogens (tertiary/aromatic N) is 1. The molecule has 7 heteroatoms. The number of morpholine rings is 1. The summed E-state index contributed by atoms with van der Waals surface area (Å²) in [7, 11) is 1.60. The molecule has 118 valence electrons. The largest absolute Gasteiger partial charge is 0.375 e. The molecule has 1 aliphatic rings. The highest BCUT2D eigenvalue weighted by atomic mass is 35.5. The molecule has 1 heterocycles. The van der Waals surface area contributed by atoms with Crippen molar-refractivity contribution in [1.29, 1.82) is 0 Å². The van der Waals surface area contributed by atoms with Crippen LogP contribution in [-0.2, 0) is 16.1 Å². The number of nitrogens with one attached hydrogen (secondary N) is 1. The molecular weight excluding hydrogens is 302 g/mol. The van der Waals surface area contributed by atoms with E-state index in [1.165, 1.54) is 17.0 Å². The third kappa shape index (κ3) is 5.22. The Kier molecular flexibility index (Phi) is 7.01. The van der Waals surface area contributed by atoms with Gasteiger partial charge in [0.1, 0.15) is 11.6 Å². The molecular formula is C14H19ClF2N2O2. The van der Waals surface area contributed by atoms with Gasteiger partial charge in [-0.3, -0.25) is 4.79 Å². The van der Waals surface area contributed by atoms with Crippen LogP contribution in [0.1, 0.15) is 12.0 Å². The van der Waals surface area contributed by atoms with Gasteiger partial charge >= 0.3 is 0 Å². The Balaban J connectivity index is 0.00000220. The van der Waals surface area contributed by atoms with Gasteiger partial charge in [0.05, 0.1) is 19.1 Å². The lowest BCUT2D eigenvalue weighted by Crippen LogP contribution is -2.41. The average molecular weight is 321 g/mol. The van der Waals surface area contributed by atoms with Crippen molar-refractivity contribution >= 4 is 18.3 Å². The van der Waals surface area contributed by atoms with Crippen molar-refractivity contribution in [2.75, 3.05) is 26.7 Å². The van der Waals surface area contributed by atoms with E-state index < -0.39 is 11.6 Å². The smallest absolute Gasteiger partial charge is 0.225 e. The van der Waals surface area contributed by atoms with Crippen LogP contribution in [0.2, 0.25) is 0 Å². The van der Waals surface area contributed by atoms with Gasteiger partial charge in [-0.1, -0.05) is 6.07 Å². The summed E-state index contributed by atoms with van der Waals surface area (Å²) in [5.74, 6) is -1.38. The summed E-state index contributed by atoms with van der Waals surface area (Å²) in [6.07, 6.45) is 0.114. The van der Waals surface area contributed by atoms with Gasteiger partial charge in [-0.25, -0.2) is 8.78 Å². The normalized spacial score (nSPS) is 18.0. The highest BCUT2D eigenvalue weighted by molar-refractivity contribution is 5.85. The highest BCUT2D eigenvalue weighted by Crippen LogP contribution is 2.13. The van der Waals surface area contributed by atoms with Gasteiger partial charge in [0.2, 0.25) is 5.91 Å². The van der Waals surface area contributed by atoms with E-state index in [2.05, 4.69) is 5.32 Å². The molecule has 0 radical (unpaired) electrons. The number of benzene rings is 1. The van der Waals surface area contributed by atoms with Crippen LogP contribution in [0.4, 0.5) is 8.78 Å². The van der Waals surface area contributed by atoms with Crippen LogP contribution < -0.4 is 5.32 Å². The van der Waals surface area contributed by atoms with Gasteiger partial charge in [0.25, 0.3) is 0 Å². The summed E-state index contributed by atoms with van der Waals surface area (Å²) in [5.41, 5.74) is 0.296. The molecule has 1 aromatic carbocycles. The number of amides is 1. The van der Waals surface area contributed by atoms with Crippen molar-refractivity contribution in [2.24, 2.45) is 0 Å². The minimum atomic E-state index is -0.639. The maximum Gasteiger partial charge on any atom is 0.225 e. The van der Waals surface area contributed by atoms with Crippen LogP contribution in [0.5, 0.6) is 0 Å². The Hall–Kier alpha value is -1.24. The van der Waals surface area contributed by atoms with Crippen LogP contribution in [-0.4, -0.2) is 43.7 Å². The van der Waals surface area contributed by atoms with E-state index in [0.717, 1.165) is 12.6 Å². The fraction of sp³-hybridized carbons (Fsp3) is 0.500. The SMILES string of the molecule is CN(Cc1ccc(F)cc1F)C(=O)CC1CNCCO1.Cl. The first-order valence-corrected chi connectivity index (χ1v) is 6.56. The zero-order chi connectivity index (χ0) is 14.5. The molecule has 1 aliphatic heterocycles. The lowest BCUT2D eigenvalue weighted by Gasteiger charge is -2.25. The lowest BCUT2D eigenvalue weighted by atomic mass is 10.1. The molecule has 1 unspecified atom stereocenters. The fourth-order valence-electron chi connectivity index (χ4n) is 2.10. The molecule has 1 fully saturated rings. The minimum Gasteiger partial charge on any atom is -0.375 e. The van der Waals surface area contributed by atoms with Crippen molar-refractivity contribution in [2.45, 2.75) is 19.1 Å². The Bertz CT molecular complexity index is 482.